The molecule has 0 bridgehead atoms. The number of benzene rings is 1. The zero-order chi connectivity index (χ0) is 12.0. The molecule has 0 aromatic heterocycles. The number of unbranched alkanes of at least 4 members (excludes halogenated alkanes) is 1. The Morgan fingerprint density at radius 1 is 1.31 bits per heavy atom. The van der Waals surface area contributed by atoms with E-state index in [4.69, 9.17) is 9.84 Å². The molecular formula is C14H22O2. The van der Waals surface area contributed by atoms with Gasteiger partial charge in [0.1, 0.15) is 5.75 Å². The fraction of sp³-hybridized carbons (Fsp3) is 0.571. The van der Waals surface area contributed by atoms with Crippen molar-refractivity contribution in [3.63, 3.8) is 0 Å². The molecular weight excluding hydrogens is 200 g/mol. The number of aliphatic hydroxyl groups is 1. The lowest BCUT2D eigenvalue weighted by Gasteiger charge is -2.15. The summed E-state index contributed by atoms with van der Waals surface area (Å²) >= 11 is 0. The normalized spacial score (nSPS) is 12.5. The van der Waals surface area contributed by atoms with Crippen LogP contribution in [0, 0.1) is 6.92 Å². The summed E-state index contributed by atoms with van der Waals surface area (Å²) in [6, 6.07) is 6.25. The molecule has 1 aromatic carbocycles. The van der Waals surface area contributed by atoms with E-state index < -0.39 is 0 Å². The smallest absolute Gasteiger partial charge is 0.119 e. The Labute approximate surface area is 98.3 Å². The molecule has 1 atom stereocenters. The first-order valence-corrected chi connectivity index (χ1v) is 5.94. The largest absolute Gasteiger partial charge is 0.497 e. The second-order valence-electron chi connectivity index (χ2n) is 4.34. The van der Waals surface area contributed by atoms with Gasteiger partial charge in [-0.05, 0) is 48.9 Å². The maximum atomic E-state index is 8.76. The van der Waals surface area contributed by atoms with E-state index in [9.17, 15) is 0 Å². The van der Waals surface area contributed by atoms with Gasteiger partial charge in [0.25, 0.3) is 0 Å². The van der Waals surface area contributed by atoms with Gasteiger partial charge in [-0.3, -0.25) is 0 Å². The predicted molar refractivity (Wildman–Crippen MR) is 67.1 cm³/mol. The molecule has 0 aliphatic rings. The Morgan fingerprint density at radius 2 is 2.06 bits per heavy atom. The summed E-state index contributed by atoms with van der Waals surface area (Å²) in [5.74, 6) is 1.47. The van der Waals surface area contributed by atoms with Crippen LogP contribution in [0.25, 0.3) is 0 Å². The van der Waals surface area contributed by atoms with Crippen LogP contribution in [0.15, 0.2) is 18.2 Å². The monoisotopic (exact) mass is 222 g/mol. The molecule has 1 N–H and O–H groups in total. The van der Waals surface area contributed by atoms with Crippen molar-refractivity contribution in [3.8, 4) is 5.75 Å². The summed E-state index contributed by atoms with van der Waals surface area (Å²) < 4.78 is 5.20. The van der Waals surface area contributed by atoms with Crippen molar-refractivity contribution in [2.24, 2.45) is 0 Å². The van der Waals surface area contributed by atoms with Gasteiger partial charge in [0.05, 0.1) is 7.11 Å². The third-order valence-electron chi connectivity index (χ3n) is 3.05. The maximum Gasteiger partial charge on any atom is 0.119 e. The SMILES string of the molecule is COc1ccc([C@H](C)CCCCO)c(C)c1. The van der Waals surface area contributed by atoms with E-state index in [0.717, 1.165) is 25.0 Å². The van der Waals surface area contributed by atoms with E-state index in [2.05, 4.69) is 26.0 Å². The molecule has 0 saturated heterocycles. The molecule has 90 valence electrons. The molecule has 0 fully saturated rings. The van der Waals surface area contributed by atoms with Crippen LogP contribution < -0.4 is 4.74 Å². The number of ether oxygens (including phenoxy) is 1. The highest BCUT2D eigenvalue weighted by Gasteiger charge is 2.08. The van der Waals surface area contributed by atoms with E-state index in [0.29, 0.717) is 12.5 Å². The van der Waals surface area contributed by atoms with Crippen LogP contribution in [-0.4, -0.2) is 18.8 Å². The van der Waals surface area contributed by atoms with Crippen LogP contribution in [0.3, 0.4) is 0 Å². The summed E-state index contributed by atoms with van der Waals surface area (Å²) in [5, 5.41) is 8.76. The summed E-state index contributed by atoms with van der Waals surface area (Å²) in [7, 11) is 1.69. The minimum Gasteiger partial charge on any atom is -0.497 e. The number of methoxy groups -OCH3 is 1. The number of hydrogen-bond donors (Lipinski definition) is 1. The molecule has 0 heterocycles. The third kappa shape index (κ3) is 3.53. The Morgan fingerprint density at radius 3 is 2.62 bits per heavy atom. The Hall–Kier alpha value is -1.02. The van der Waals surface area contributed by atoms with Crippen molar-refractivity contribution in [1.82, 2.24) is 0 Å². The van der Waals surface area contributed by atoms with Crippen LogP contribution in [-0.2, 0) is 0 Å². The summed E-state index contributed by atoms with van der Waals surface area (Å²) in [4.78, 5) is 0. The molecule has 1 aromatic rings. The first-order valence-electron chi connectivity index (χ1n) is 5.94. The summed E-state index contributed by atoms with van der Waals surface area (Å²) in [6.07, 6.45) is 3.12. The van der Waals surface area contributed by atoms with E-state index in [1.54, 1.807) is 7.11 Å². The van der Waals surface area contributed by atoms with Crippen molar-refractivity contribution >= 4 is 0 Å². The molecule has 2 nitrogen and oxygen atoms in total. The highest BCUT2D eigenvalue weighted by atomic mass is 16.5. The Kier molecular flexibility index (Phi) is 5.33. The van der Waals surface area contributed by atoms with Gasteiger partial charge in [0.15, 0.2) is 0 Å². The number of aliphatic hydroxyl groups excluding tert-OH is 1. The third-order valence-corrected chi connectivity index (χ3v) is 3.05. The Balaban J connectivity index is 2.64. The van der Waals surface area contributed by atoms with E-state index in [1.807, 2.05) is 6.07 Å². The lowest BCUT2D eigenvalue weighted by molar-refractivity contribution is 0.281. The minimum absolute atomic E-state index is 0.300. The van der Waals surface area contributed by atoms with Gasteiger partial charge >= 0.3 is 0 Å². The first kappa shape index (κ1) is 13.0. The van der Waals surface area contributed by atoms with Crippen molar-refractivity contribution < 1.29 is 9.84 Å². The molecule has 0 aliphatic heterocycles. The average molecular weight is 222 g/mol. The standard InChI is InChI=1S/C14H22O2/c1-11(6-4-5-9-15)14-8-7-13(16-3)10-12(14)2/h7-8,10-11,15H,4-6,9H2,1-3H3/t11-/m1/s1. The van der Waals surface area contributed by atoms with E-state index in [-0.39, 0.29) is 0 Å². The van der Waals surface area contributed by atoms with Crippen LogP contribution >= 0.6 is 0 Å². The van der Waals surface area contributed by atoms with E-state index in [1.165, 1.54) is 11.1 Å². The fourth-order valence-electron chi connectivity index (χ4n) is 2.05. The number of rotatable bonds is 6. The van der Waals surface area contributed by atoms with E-state index >= 15 is 0 Å². The number of aryl methyl sites for hydroxylation is 1. The minimum atomic E-state index is 0.300. The molecule has 0 spiro atoms. The van der Waals surface area contributed by atoms with Crippen molar-refractivity contribution in [2.45, 2.75) is 39.0 Å². The maximum absolute atomic E-state index is 8.76. The molecule has 1 rings (SSSR count). The van der Waals surface area contributed by atoms with Gasteiger partial charge in [0, 0.05) is 6.61 Å². The quantitative estimate of drug-likeness (QED) is 0.748. The van der Waals surface area contributed by atoms with Crippen LogP contribution in [0.5, 0.6) is 5.75 Å². The fourth-order valence-corrected chi connectivity index (χ4v) is 2.05. The average Bonchev–Trinajstić information content (AvgIpc) is 2.29. The first-order chi connectivity index (χ1) is 7.69. The molecule has 0 amide bonds. The molecule has 0 aliphatic carbocycles. The Bertz CT molecular complexity index is 321. The predicted octanol–water partition coefficient (Wildman–Crippen LogP) is 3.27. The number of hydrogen-bond acceptors (Lipinski definition) is 2. The molecule has 16 heavy (non-hydrogen) atoms. The highest BCUT2D eigenvalue weighted by Crippen LogP contribution is 2.27. The molecule has 0 saturated carbocycles. The van der Waals surface area contributed by atoms with Gasteiger partial charge in [-0.2, -0.15) is 0 Å². The van der Waals surface area contributed by atoms with Crippen molar-refractivity contribution in [2.75, 3.05) is 13.7 Å². The second-order valence-corrected chi connectivity index (χ2v) is 4.34. The van der Waals surface area contributed by atoms with Crippen molar-refractivity contribution in [3.05, 3.63) is 29.3 Å². The molecule has 0 unspecified atom stereocenters. The van der Waals surface area contributed by atoms with Crippen LogP contribution in [0.1, 0.15) is 43.2 Å². The van der Waals surface area contributed by atoms with Crippen LogP contribution in [0.4, 0.5) is 0 Å². The lowest BCUT2D eigenvalue weighted by atomic mass is 9.92. The summed E-state index contributed by atoms with van der Waals surface area (Å²) in [6.45, 7) is 4.67. The highest BCUT2D eigenvalue weighted by molar-refractivity contribution is 5.36. The van der Waals surface area contributed by atoms with Gasteiger partial charge < -0.3 is 9.84 Å². The van der Waals surface area contributed by atoms with Gasteiger partial charge in [-0.25, -0.2) is 0 Å². The van der Waals surface area contributed by atoms with Gasteiger partial charge in [0.2, 0.25) is 0 Å². The van der Waals surface area contributed by atoms with Gasteiger partial charge in [-0.15, -0.1) is 0 Å². The molecule has 2 heteroatoms. The molecule has 0 radical (unpaired) electrons. The van der Waals surface area contributed by atoms with Crippen molar-refractivity contribution in [1.29, 1.82) is 0 Å². The van der Waals surface area contributed by atoms with Gasteiger partial charge in [-0.1, -0.05) is 19.4 Å². The van der Waals surface area contributed by atoms with Crippen LogP contribution in [0.2, 0.25) is 0 Å². The topological polar surface area (TPSA) is 29.5 Å². The zero-order valence-electron chi connectivity index (χ0n) is 10.5. The lowest BCUT2D eigenvalue weighted by Crippen LogP contribution is -1.98. The second kappa shape index (κ2) is 6.54. The summed E-state index contributed by atoms with van der Waals surface area (Å²) in [5.41, 5.74) is 2.68. The zero-order valence-corrected chi connectivity index (χ0v) is 10.5.